The molecule has 0 radical (unpaired) electrons. The van der Waals surface area contributed by atoms with Crippen LogP contribution in [0.1, 0.15) is 11.1 Å². The van der Waals surface area contributed by atoms with Gasteiger partial charge >= 0.3 is 0 Å². The molecule has 0 fully saturated rings. The van der Waals surface area contributed by atoms with Gasteiger partial charge in [-0.1, -0.05) is 35.3 Å². The van der Waals surface area contributed by atoms with Crippen LogP contribution in [0.4, 0.5) is 0 Å². The van der Waals surface area contributed by atoms with E-state index in [-0.39, 0.29) is 0 Å². The molecule has 2 nitrogen and oxygen atoms in total. The van der Waals surface area contributed by atoms with Crippen molar-refractivity contribution in [3.05, 3.63) is 51.8 Å². The molecule has 0 atom stereocenters. The maximum absolute atomic E-state index is 6.08. The highest BCUT2D eigenvalue weighted by Gasteiger charge is 2.05. The van der Waals surface area contributed by atoms with Crippen LogP contribution in [0.3, 0.4) is 0 Å². The molecule has 16 heavy (non-hydrogen) atoms. The minimum atomic E-state index is 0.462. The second kappa shape index (κ2) is 5.09. The van der Waals surface area contributed by atoms with Gasteiger partial charge in [0.05, 0.1) is 28.7 Å². The van der Waals surface area contributed by atoms with E-state index in [0.717, 1.165) is 11.1 Å². The number of hydrogen-bond acceptors (Lipinski definition) is 1. The summed E-state index contributed by atoms with van der Waals surface area (Å²) in [6, 6.07) is 5.56. The largest absolute Gasteiger partial charge is 0.268 e. The van der Waals surface area contributed by atoms with Crippen LogP contribution in [-0.4, -0.2) is 9.78 Å². The molecule has 1 heterocycles. The molecule has 5 heteroatoms. The fourth-order valence-corrected chi connectivity index (χ4v) is 1.92. The lowest BCUT2D eigenvalue weighted by Crippen LogP contribution is -2.00. The Morgan fingerprint density at radius 2 is 2.06 bits per heavy atom. The van der Waals surface area contributed by atoms with Crippen molar-refractivity contribution in [3.63, 3.8) is 0 Å². The number of hydrogen-bond donors (Lipinski definition) is 0. The Bertz CT molecular complexity index is 494. The summed E-state index contributed by atoms with van der Waals surface area (Å²) >= 11 is 17.7. The highest BCUT2D eigenvalue weighted by molar-refractivity contribution is 6.42. The number of benzene rings is 1. The summed E-state index contributed by atoms with van der Waals surface area (Å²) in [6.45, 7) is 0.594. The van der Waals surface area contributed by atoms with E-state index in [2.05, 4.69) is 5.10 Å². The molecule has 2 aromatic rings. The number of nitrogens with zero attached hydrogens (tertiary/aromatic N) is 2. The van der Waals surface area contributed by atoms with E-state index in [1.807, 2.05) is 18.3 Å². The van der Waals surface area contributed by atoms with Crippen LogP contribution in [0.2, 0.25) is 10.0 Å². The highest BCUT2D eigenvalue weighted by Crippen LogP contribution is 2.26. The Morgan fingerprint density at radius 1 is 1.25 bits per heavy atom. The standard InChI is InChI=1S/C11H9Cl3N2/c12-4-8-5-15-16(6-8)7-9-2-1-3-10(13)11(9)14/h1-3,5-6H,4,7H2. The molecular formula is C11H9Cl3N2. The third-order valence-corrected chi connectivity index (χ3v) is 3.37. The molecule has 0 spiro atoms. The predicted molar refractivity (Wildman–Crippen MR) is 67.3 cm³/mol. The molecule has 1 aromatic heterocycles. The number of rotatable bonds is 3. The van der Waals surface area contributed by atoms with Crippen molar-refractivity contribution in [1.29, 1.82) is 0 Å². The Labute approximate surface area is 109 Å². The SMILES string of the molecule is ClCc1cnn(Cc2cccc(Cl)c2Cl)c1. The van der Waals surface area contributed by atoms with Gasteiger partial charge in [-0.15, -0.1) is 11.6 Å². The van der Waals surface area contributed by atoms with Gasteiger partial charge in [0, 0.05) is 11.8 Å². The van der Waals surface area contributed by atoms with Crippen LogP contribution in [0.5, 0.6) is 0 Å². The first-order chi connectivity index (χ1) is 7.70. The average molecular weight is 276 g/mol. The maximum atomic E-state index is 6.08. The van der Waals surface area contributed by atoms with E-state index in [9.17, 15) is 0 Å². The van der Waals surface area contributed by atoms with E-state index in [4.69, 9.17) is 34.8 Å². The van der Waals surface area contributed by atoms with Gasteiger partial charge in [0.25, 0.3) is 0 Å². The summed E-state index contributed by atoms with van der Waals surface area (Å²) in [5, 5.41) is 5.32. The summed E-state index contributed by atoms with van der Waals surface area (Å²) in [7, 11) is 0. The van der Waals surface area contributed by atoms with Crippen molar-refractivity contribution < 1.29 is 0 Å². The first-order valence-electron chi connectivity index (χ1n) is 4.71. The Balaban J connectivity index is 2.23. The summed E-state index contributed by atoms with van der Waals surface area (Å²) in [6.07, 6.45) is 3.63. The van der Waals surface area contributed by atoms with Gasteiger partial charge in [-0.05, 0) is 11.6 Å². The molecular weight excluding hydrogens is 266 g/mol. The lowest BCUT2D eigenvalue weighted by Gasteiger charge is -2.05. The fraction of sp³-hybridized carbons (Fsp3) is 0.182. The number of aromatic nitrogens is 2. The summed E-state index contributed by atoms with van der Waals surface area (Å²) in [5.74, 6) is 0.462. The molecule has 0 N–H and O–H groups in total. The minimum absolute atomic E-state index is 0.462. The van der Waals surface area contributed by atoms with Crippen LogP contribution in [0.15, 0.2) is 30.6 Å². The smallest absolute Gasteiger partial charge is 0.0674 e. The number of halogens is 3. The molecule has 84 valence electrons. The average Bonchev–Trinajstić information content (AvgIpc) is 2.73. The quantitative estimate of drug-likeness (QED) is 0.775. The first kappa shape index (κ1) is 11.8. The van der Waals surface area contributed by atoms with Crippen molar-refractivity contribution in [2.45, 2.75) is 12.4 Å². The van der Waals surface area contributed by atoms with Crippen LogP contribution >= 0.6 is 34.8 Å². The highest BCUT2D eigenvalue weighted by atomic mass is 35.5. The van der Waals surface area contributed by atoms with Gasteiger partial charge in [0.2, 0.25) is 0 Å². The second-order valence-electron chi connectivity index (χ2n) is 3.39. The Morgan fingerprint density at radius 3 is 2.75 bits per heavy atom. The van der Waals surface area contributed by atoms with Gasteiger partial charge in [0.1, 0.15) is 0 Å². The number of alkyl halides is 1. The molecule has 0 aliphatic heterocycles. The van der Waals surface area contributed by atoms with Crippen molar-refractivity contribution in [2.24, 2.45) is 0 Å². The maximum Gasteiger partial charge on any atom is 0.0674 e. The van der Waals surface area contributed by atoms with Gasteiger partial charge in [-0.3, -0.25) is 4.68 Å². The van der Waals surface area contributed by atoms with Crippen LogP contribution in [-0.2, 0) is 12.4 Å². The molecule has 0 saturated heterocycles. The van der Waals surface area contributed by atoms with Gasteiger partial charge in [-0.2, -0.15) is 5.10 Å². The van der Waals surface area contributed by atoms with E-state index in [1.165, 1.54) is 0 Å². The summed E-state index contributed by atoms with van der Waals surface area (Å²) in [4.78, 5) is 0. The van der Waals surface area contributed by atoms with Crippen LogP contribution in [0.25, 0.3) is 0 Å². The molecule has 1 aromatic carbocycles. The molecule has 0 aliphatic rings. The summed E-state index contributed by atoms with van der Waals surface area (Å²) < 4.78 is 1.79. The Kier molecular flexibility index (Phi) is 3.74. The zero-order chi connectivity index (χ0) is 11.5. The van der Waals surface area contributed by atoms with Crippen LogP contribution in [0, 0.1) is 0 Å². The Hall–Kier alpha value is -0.700. The zero-order valence-electron chi connectivity index (χ0n) is 8.33. The first-order valence-corrected chi connectivity index (χ1v) is 6.00. The third kappa shape index (κ3) is 2.51. The second-order valence-corrected chi connectivity index (χ2v) is 4.45. The lowest BCUT2D eigenvalue weighted by atomic mass is 10.2. The summed E-state index contributed by atoms with van der Waals surface area (Å²) in [5.41, 5.74) is 1.93. The fourth-order valence-electron chi connectivity index (χ4n) is 1.41. The van der Waals surface area contributed by atoms with E-state index >= 15 is 0 Å². The van der Waals surface area contributed by atoms with Crippen molar-refractivity contribution in [1.82, 2.24) is 9.78 Å². The molecule has 0 amide bonds. The molecule has 2 rings (SSSR count). The zero-order valence-corrected chi connectivity index (χ0v) is 10.6. The monoisotopic (exact) mass is 274 g/mol. The van der Waals surface area contributed by atoms with Gasteiger partial charge in [0.15, 0.2) is 0 Å². The normalized spacial score (nSPS) is 10.7. The molecule has 0 aliphatic carbocycles. The molecule has 0 saturated carbocycles. The lowest BCUT2D eigenvalue weighted by molar-refractivity contribution is 0.686. The van der Waals surface area contributed by atoms with Crippen LogP contribution < -0.4 is 0 Å². The topological polar surface area (TPSA) is 17.8 Å². The minimum Gasteiger partial charge on any atom is -0.268 e. The van der Waals surface area contributed by atoms with E-state index < -0.39 is 0 Å². The van der Waals surface area contributed by atoms with Crippen molar-refractivity contribution in [2.75, 3.05) is 0 Å². The van der Waals surface area contributed by atoms with Gasteiger partial charge < -0.3 is 0 Å². The van der Waals surface area contributed by atoms with Crippen molar-refractivity contribution in [3.8, 4) is 0 Å². The van der Waals surface area contributed by atoms with E-state index in [1.54, 1.807) is 16.9 Å². The molecule has 0 unspecified atom stereocenters. The van der Waals surface area contributed by atoms with Crippen molar-refractivity contribution >= 4 is 34.8 Å². The van der Waals surface area contributed by atoms with Gasteiger partial charge in [-0.25, -0.2) is 0 Å². The van der Waals surface area contributed by atoms with E-state index in [0.29, 0.717) is 22.5 Å². The molecule has 0 bridgehead atoms. The predicted octanol–water partition coefficient (Wildman–Crippen LogP) is 3.98. The third-order valence-electron chi connectivity index (χ3n) is 2.20.